The van der Waals surface area contributed by atoms with Gasteiger partial charge < -0.3 is 10.1 Å². The number of amides is 1. The number of nitrogens with zero attached hydrogens (tertiary/aromatic N) is 1. The van der Waals surface area contributed by atoms with Crippen molar-refractivity contribution in [2.75, 3.05) is 26.5 Å². The number of benzene rings is 2. The van der Waals surface area contributed by atoms with Gasteiger partial charge in [0.25, 0.3) is 0 Å². The monoisotopic (exact) mass is 474 g/mol. The van der Waals surface area contributed by atoms with Gasteiger partial charge >= 0.3 is 0 Å². The number of ether oxygens (including phenoxy) is 1. The van der Waals surface area contributed by atoms with Crippen LogP contribution in [0.5, 0.6) is 5.75 Å². The smallest absolute Gasteiger partial charge is 0.242 e. The summed E-state index contributed by atoms with van der Waals surface area (Å²) in [5.74, 6) is 0.323. The predicted octanol–water partition coefficient (Wildman–Crippen LogP) is 3.93. The second-order valence-electron chi connectivity index (χ2n) is 5.94. The largest absolute Gasteiger partial charge is 0.496 e. The van der Waals surface area contributed by atoms with Crippen LogP contribution in [0.2, 0.25) is 5.02 Å². The fraction of sp³-hybridized carbons (Fsp3) is 0.278. The Hall–Kier alpha value is -1.61. The van der Waals surface area contributed by atoms with Gasteiger partial charge in [-0.3, -0.25) is 4.79 Å². The van der Waals surface area contributed by atoms with E-state index >= 15 is 0 Å². The third kappa shape index (κ3) is 5.44. The van der Waals surface area contributed by atoms with E-state index in [1.165, 1.54) is 33.3 Å². The maximum absolute atomic E-state index is 12.3. The average Bonchev–Trinajstić information content (AvgIpc) is 2.62. The minimum Gasteiger partial charge on any atom is -0.496 e. The first kappa shape index (κ1) is 21.7. The Morgan fingerprint density at radius 1 is 1.22 bits per heavy atom. The van der Waals surface area contributed by atoms with Crippen molar-refractivity contribution in [3.8, 4) is 5.75 Å². The van der Waals surface area contributed by atoms with Gasteiger partial charge in [-0.25, -0.2) is 12.7 Å². The number of sulfonamides is 1. The van der Waals surface area contributed by atoms with E-state index in [1.807, 2.05) is 0 Å². The molecule has 0 fully saturated rings. The molecule has 2 aromatic carbocycles. The summed E-state index contributed by atoms with van der Waals surface area (Å²) in [6, 6.07) is 9.75. The van der Waals surface area contributed by atoms with E-state index < -0.39 is 10.0 Å². The van der Waals surface area contributed by atoms with Crippen LogP contribution in [0.3, 0.4) is 0 Å². The second kappa shape index (κ2) is 9.05. The molecular formula is C18H20BrClN2O4S. The Labute approximate surface area is 172 Å². The zero-order chi connectivity index (χ0) is 20.2. The second-order valence-corrected chi connectivity index (χ2v) is 9.35. The minimum atomic E-state index is -3.56. The summed E-state index contributed by atoms with van der Waals surface area (Å²) in [5, 5.41) is 3.27. The average molecular weight is 476 g/mol. The van der Waals surface area contributed by atoms with Crippen molar-refractivity contribution in [1.82, 2.24) is 4.31 Å². The molecule has 1 amide bonds. The first-order valence-electron chi connectivity index (χ1n) is 7.99. The number of carbonyl (C=O) groups excluding carboxylic acids is 1. The summed E-state index contributed by atoms with van der Waals surface area (Å²) in [5.41, 5.74) is 1.23. The number of methoxy groups -OCH3 is 1. The molecule has 0 spiro atoms. The van der Waals surface area contributed by atoms with Gasteiger partial charge in [0.15, 0.2) is 0 Å². The Balaban J connectivity index is 2.13. The lowest BCUT2D eigenvalue weighted by Gasteiger charge is -2.14. The highest BCUT2D eigenvalue weighted by molar-refractivity contribution is 9.10. The van der Waals surface area contributed by atoms with Crippen LogP contribution >= 0.6 is 27.5 Å². The van der Waals surface area contributed by atoms with Crippen molar-refractivity contribution >= 4 is 49.1 Å². The summed E-state index contributed by atoms with van der Waals surface area (Å²) < 4.78 is 31.8. The quantitative estimate of drug-likeness (QED) is 0.658. The number of hydrogen-bond donors (Lipinski definition) is 1. The van der Waals surface area contributed by atoms with Gasteiger partial charge in [0.2, 0.25) is 15.9 Å². The Bertz CT molecular complexity index is 948. The van der Waals surface area contributed by atoms with E-state index in [0.29, 0.717) is 28.4 Å². The first-order valence-corrected chi connectivity index (χ1v) is 10.6. The van der Waals surface area contributed by atoms with E-state index in [0.717, 1.165) is 8.78 Å². The molecule has 9 heteroatoms. The normalized spacial score (nSPS) is 11.5. The van der Waals surface area contributed by atoms with Gasteiger partial charge in [-0.05, 0) is 64.3 Å². The molecule has 2 aromatic rings. The van der Waals surface area contributed by atoms with Gasteiger partial charge in [0, 0.05) is 30.7 Å². The summed E-state index contributed by atoms with van der Waals surface area (Å²) >= 11 is 9.31. The number of rotatable bonds is 7. The van der Waals surface area contributed by atoms with Crippen molar-refractivity contribution in [3.63, 3.8) is 0 Å². The maximum Gasteiger partial charge on any atom is 0.242 e. The zero-order valence-electron chi connectivity index (χ0n) is 15.1. The fourth-order valence-corrected chi connectivity index (χ4v) is 3.75. The summed E-state index contributed by atoms with van der Waals surface area (Å²) in [7, 11) is 0.877. The lowest BCUT2D eigenvalue weighted by molar-refractivity contribution is -0.116. The lowest BCUT2D eigenvalue weighted by atomic mass is 10.1. The number of aryl methyl sites for hydroxylation is 1. The third-order valence-corrected chi connectivity index (χ3v) is 6.90. The topological polar surface area (TPSA) is 75.7 Å². The van der Waals surface area contributed by atoms with Gasteiger partial charge in [-0.1, -0.05) is 11.6 Å². The fourth-order valence-electron chi connectivity index (χ4n) is 2.37. The molecule has 0 heterocycles. The highest BCUT2D eigenvalue weighted by atomic mass is 79.9. The molecule has 0 atom stereocenters. The standard InChI is InChI=1S/C18H20BrClN2O4S/c1-22(2)27(24,25)14-6-8-17(26-3)12(10-14)4-9-18(23)21-13-5-7-15(19)16(20)11-13/h5-8,10-11H,4,9H2,1-3H3,(H,21,23). The lowest BCUT2D eigenvalue weighted by Crippen LogP contribution is -2.22. The Morgan fingerprint density at radius 2 is 1.93 bits per heavy atom. The number of hydrogen-bond acceptors (Lipinski definition) is 4. The number of nitrogens with one attached hydrogen (secondary N) is 1. The van der Waals surface area contributed by atoms with Crippen LogP contribution < -0.4 is 10.1 Å². The molecule has 27 heavy (non-hydrogen) atoms. The summed E-state index contributed by atoms with van der Waals surface area (Å²) in [4.78, 5) is 12.4. The van der Waals surface area contributed by atoms with Gasteiger partial charge in [-0.2, -0.15) is 0 Å². The van der Waals surface area contributed by atoms with Crippen LogP contribution in [-0.4, -0.2) is 39.8 Å². The molecule has 0 saturated heterocycles. The summed E-state index contributed by atoms with van der Waals surface area (Å²) in [6.07, 6.45) is 0.492. The van der Waals surface area contributed by atoms with E-state index in [1.54, 1.807) is 24.3 Å². The third-order valence-electron chi connectivity index (χ3n) is 3.86. The highest BCUT2D eigenvalue weighted by Gasteiger charge is 2.19. The van der Waals surface area contributed by atoms with Crippen LogP contribution in [0.25, 0.3) is 0 Å². The molecule has 0 radical (unpaired) electrons. The molecule has 0 aliphatic carbocycles. The van der Waals surface area contributed by atoms with Crippen LogP contribution in [0, 0.1) is 0 Å². The molecule has 0 aromatic heterocycles. The molecule has 0 aliphatic heterocycles. The number of carbonyl (C=O) groups is 1. The predicted molar refractivity (Wildman–Crippen MR) is 110 cm³/mol. The molecule has 0 aliphatic rings. The van der Waals surface area contributed by atoms with Crippen LogP contribution in [0.4, 0.5) is 5.69 Å². The molecule has 1 N–H and O–H groups in total. The molecule has 6 nitrogen and oxygen atoms in total. The molecule has 146 valence electrons. The van der Waals surface area contributed by atoms with Crippen molar-refractivity contribution in [2.24, 2.45) is 0 Å². The van der Waals surface area contributed by atoms with Crippen molar-refractivity contribution in [2.45, 2.75) is 17.7 Å². The molecule has 2 rings (SSSR count). The van der Waals surface area contributed by atoms with E-state index in [9.17, 15) is 13.2 Å². The van der Waals surface area contributed by atoms with Crippen LogP contribution in [0.1, 0.15) is 12.0 Å². The van der Waals surface area contributed by atoms with E-state index in [2.05, 4.69) is 21.2 Å². The Kier molecular flexibility index (Phi) is 7.27. The van der Waals surface area contributed by atoms with Crippen molar-refractivity contribution in [3.05, 3.63) is 51.5 Å². The van der Waals surface area contributed by atoms with Crippen molar-refractivity contribution in [1.29, 1.82) is 0 Å². The molecular weight excluding hydrogens is 456 g/mol. The van der Waals surface area contributed by atoms with Gasteiger partial charge in [0.1, 0.15) is 5.75 Å². The SMILES string of the molecule is COc1ccc(S(=O)(=O)N(C)C)cc1CCC(=O)Nc1ccc(Br)c(Cl)c1. The maximum atomic E-state index is 12.3. The minimum absolute atomic E-state index is 0.156. The first-order chi connectivity index (χ1) is 12.6. The van der Waals surface area contributed by atoms with Gasteiger partial charge in [0.05, 0.1) is 17.0 Å². The van der Waals surface area contributed by atoms with E-state index in [4.69, 9.17) is 16.3 Å². The molecule has 0 unspecified atom stereocenters. The van der Waals surface area contributed by atoms with Crippen LogP contribution in [-0.2, 0) is 21.2 Å². The molecule has 0 saturated carbocycles. The Morgan fingerprint density at radius 3 is 2.52 bits per heavy atom. The zero-order valence-corrected chi connectivity index (χ0v) is 18.3. The highest BCUT2D eigenvalue weighted by Crippen LogP contribution is 2.27. The molecule has 0 bridgehead atoms. The van der Waals surface area contributed by atoms with Gasteiger partial charge in [-0.15, -0.1) is 0 Å². The van der Waals surface area contributed by atoms with Crippen molar-refractivity contribution < 1.29 is 17.9 Å². The summed E-state index contributed by atoms with van der Waals surface area (Å²) in [6.45, 7) is 0. The number of halogens is 2. The van der Waals surface area contributed by atoms with E-state index in [-0.39, 0.29) is 17.2 Å². The van der Waals surface area contributed by atoms with Crippen LogP contribution in [0.15, 0.2) is 45.8 Å². The number of anilines is 1.